The van der Waals surface area contributed by atoms with Crippen LogP contribution in [0.4, 0.5) is 0 Å². The number of pyridine rings is 1. The van der Waals surface area contributed by atoms with Crippen LogP contribution < -0.4 is 10.3 Å². The Labute approximate surface area is 205 Å². The molecule has 3 aromatic carbocycles. The predicted octanol–water partition coefficient (Wildman–Crippen LogP) is 4.98. The Bertz CT molecular complexity index is 1600. The van der Waals surface area contributed by atoms with Crippen LogP contribution >= 0.6 is 11.6 Å². The number of halogens is 1. The monoisotopic (exact) mass is 485 g/mol. The van der Waals surface area contributed by atoms with E-state index in [0.29, 0.717) is 22.7 Å². The van der Waals surface area contributed by atoms with Crippen molar-refractivity contribution in [2.75, 3.05) is 0 Å². The number of aromatic nitrogens is 1. The lowest BCUT2D eigenvalue weighted by Gasteiger charge is -2.28. The Morgan fingerprint density at radius 2 is 1.86 bits per heavy atom. The molecule has 0 radical (unpaired) electrons. The number of nitrogens with zero attached hydrogens (tertiary/aromatic N) is 1. The Morgan fingerprint density at radius 1 is 1.06 bits per heavy atom. The molecule has 1 N–H and O–H groups in total. The number of rotatable bonds is 3. The van der Waals surface area contributed by atoms with E-state index in [4.69, 9.17) is 16.3 Å². The summed E-state index contributed by atoms with van der Waals surface area (Å²) in [5, 5.41) is 12.7. The van der Waals surface area contributed by atoms with Crippen molar-refractivity contribution in [3.8, 4) is 11.5 Å². The SMILES string of the molecule is O=C1CC(c2cc3cccc4c3n(c2=O)CCC4)c2c(ccc(C(=O)c3ccc(Cl)cc3)c2O)O1. The molecule has 0 saturated carbocycles. The van der Waals surface area contributed by atoms with Crippen LogP contribution in [0, 0.1) is 0 Å². The lowest BCUT2D eigenvalue weighted by Crippen LogP contribution is -2.31. The minimum atomic E-state index is -0.740. The van der Waals surface area contributed by atoms with Gasteiger partial charge in [-0.05, 0) is 66.3 Å². The van der Waals surface area contributed by atoms with Gasteiger partial charge < -0.3 is 14.4 Å². The molecule has 1 aromatic heterocycles. The molecule has 0 saturated heterocycles. The molecule has 0 bridgehead atoms. The summed E-state index contributed by atoms with van der Waals surface area (Å²) in [7, 11) is 0. The average molecular weight is 486 g/mol. The predicted molar refractivity (Wildman–Crippen MR) is 132 cm³/mol. The number of fused-ring (bicyclic) bond motifs is 1. The highest BCUT2D eigenvalue weighted by Gasteiger charge is 2.35. The molecule has 6 nitrogen and oxygen atoms in total. The van der Waals surface area contributed by atoms with Crippen LogP contribution in [0.2, 0.25) is 5.02 Å². The van der Waals surface area contributed by atoms with Crippen molar-refractivity contribution in [1.29, 1.82) is 0 Å². The van der Waals surface area contributed by atoms with Crippen LogP contribution in [0.1, 0.15) is 51.4 Å². The van der Waals surface area contributed by atoms with E-state index < -0.39 is 17.7 Å². The molecule has 6 rings (SSSR count). The fourth-order valence-electron chi connectivity index (χ4n) is 5.29. The molecule has 2 aliphatic rings. The van der Waals surface area contributed by atoms with Gasteiger partial charge in [-0.3, -0.25) is 14.4 Å². The number of esters is 1. The third-order valence-corrected chi connectivity index (χ3v) is 7.15. The molecule has 3 heterocycles. The molecule has 0 amide bonds. The highest BCUT2D eigenvalue weighted by Crippen LogP contribution is 2.45. The Morgan fingerprint density at radius 3 is 2.66 bits per heavy atom. The van der Waals surface area contributed by atoms with Crippen molar-refractivity contribution in [2.45, 2.75) is 31.7 Å². The van der Waals surface area contributed by atoms with Gasteiger partial charge in [-0.25, -0.2) is 0 Å². The minimum absolute atomic E-state index is 0.0681. The number of ether oxygens (including phenoxy) is 1. The van der Waals surface area contributed by atoms with Crippen molar-refractivity contribution in [3.63, 3.8) is 0 Å². The van der Waals surface area contributed by atoms with Crippen LogP contribution in [-0.2, 0) is 17.8 Å². The summed E-state index contributed by atoms with van der Waals surface area (Å²) in [6, 6.07) is 17.1. The van der Waals surface area contributed by atoms with Crippen molar-refractivity contribution >= 4 is 34.3 Å². The van der Waals surface area contributed by atoms with E-state index in [2.05, 4.69) is 0 Å². The number of phenolic OH excluding ortho intramolecular Hbond substituents is 1. The molecule has 1 unspecified atom stereocenters. The molecule has 2 aliphatic heterocycles. The first-order chi connectivity index (χ1) is 16.9. The maximum absolute atomic E-state index is 13.6. The number of carbonyl (C=O) groups excluding carboxylic acids is 2. The summed E-state index contributed by atoms with van der Waals surface area (Å²) < 4.78 is 7.17. The molecular formula is C28H20ClNO5. The molecule has 1 atom stereocenters. The number of aromatic hydroxyl groups is 1. The van der Waals surface area contributed by atoms with Crippen molar-refractivity contribution in [2.24, 2.45) is 0 Å². The zero-order valence-electron chi connectivity index (χ0n) is 18.6. The van der Waals surface area contributed by atoms with E-state index >= 15 is 0 Å². The zero-order chi connectivity index (χ0) is 24.3. The van der Waals surface area contributed by atoms with Crippen molar-refractivity contribution in [1.82, 2.24) is 4.57 Å². The normalized spacial score (nSPS) is 16.6. The molecule has 174 valence electrons. The zero-order valence-corrected chi connectivity index (χ0v) is 19.3. The van der Waals surface area contributed by atoms with Gasteiger partial charge in [-0.15, -0.1) is 0 Å². The second-order valence-corrected chi connectivity index (χ2v) is 9.39. The molecule has 0 spiro atoms. The average Bonchev–Trinajstić information content (AvgIpc) is 2.86. The van der Waals surface area contributed by atoms with Crippen LogP contribution in [-0.4, -0.2) is 21.4 Å². The fraction of sp³-hybridized carbons (Fsp3) is 0.179. The lowest BCUT2D eigenvalue weighted by molar-refractivity contribution is -0.135. The topological polar surface area (TPSA) is 85.6 Å². The minimum Gasteiger partial charge on any atom is -0.507 e. The molecular weight excluding hydrogens is 466 g/mol. The number of phenols is 1. The van der Waals surface area contributed by atoms with E-state index in [1.54, 1.807) is 28.8 Å². The van der Waals surface area contributed by atoms with Gasteiger partial charge in [0.25, 0.3) is 5.56 Å². The van der Waals surface area contributed by atoms with Gasteiger partial charge in [0.1, 0.15) is 11.5 Å². The highest BCUT2D eigenvalue weighted by molar-refractivity contribution is 6.30. The van der Waals surface area contributed by atoms with Gasteiger partial charge in [-0.1, -0.05) is 29.8 Å². The first-order valence-corrected chi connectivity index (χ1v) is 11.8. The second kappa shape index (κ2) is 8.10. The third kappa shape index (κ3) is 3.44. The molecule has 0 fully saturated rings. The van der Waals surface area contributed by atoms with Gasteiger partial charge in [0.2, 0.25) is 0 Å². The number of carbonyl (C=O) groups is 2. The summed E-state index contributed by atoms with van der Waals surface area (Å²) in [4.78, 5) is 39.3. The number of aryl methyl sites for hydroxylation is 2. The van der Waals surface area contributed by atoms with E-state index in [1.807, 2.05) is 24.3 Å². The van der Waals surface area contributed by atoms with Gasteiger partial charge in [-0.2, -0.15) is 0 Å². The van der Waals surface area contributed by atoms with E-state index in [1.165, 1.54) is 12.1 Å². The second-order valence-electron chi connectivity index (χ2n) is 8.96. The Hall–Kier alpha value is -3.90. The number of ketones is 1. The standard InChI is InChI=1S/C28H20ClNO5/c29-18-8-6-16(7-9-18)26(32)19-10-11-22-24(27(19)33)20(14-23(31)35-22)21-13-17-4-1-3-15-5-2-12-30(25(15)17)28(21)34/h1,3-4,6-11,13,20,33H,2,5,12,14H2. The van der Waals surface area contributed by atoms with Crippen LogP contribution in [0.5, 0.6) is 11.5 Å². The summed E-state index contributed by atoms with van der Waals surface area (Å²) in [6.07, 6.45) is 1.65. The van der Waals surface area contributed by atoms with Gasteiger partial charge >= 0.3 is 5.97 Å². The fourth-order valence-corrected chi connectivity index (χ4v) is 5.42. The third-order valence-electron chi connectivity index (χ3n) is 6.90. The lowest BCUT2D eigenvalue weighted by atomic mass is 9.83. The van der Waals surface area contributed by atoms with Crippen molar-refractivity contribution < 1.29 is 19.4 Å². The Balaban J connectivity index is 1.54. The van der Waals surface area contributed by atoms with Gasteiger partial charge in [0.15, 0.2) is 5.78 Å². The molecule has 35 heavy (non-hydrogen) atoms. The smallest absolute Gasteiger partial charge is 0.312 e. The Kier molecular flexibility index (Phi) is 5.00. The first kappa shape index (κ1) is 21.6. The van der Waals surface area contributed by atoms with E-state index in [-0.39, 0.29) is 34.6 Å². The molecule has 7 heteroatoms. The maximum Gasteiger partial charge on any atom is 0.312 e. The summed E-state index contributed by atoms with van der Waals surface area (Å²) in [5.74, 6) is -1.76. The summed E-state index contributed by atoms with van der Waals surface area (Å²) in [6.45, 7) is 0.589. The quantitative estimate of drug-likeness (QED) is 0.251. The van der Waals surface area contributed by atoms with Crippen LogP contribution in [0.3, 0.4) is 0 Å². The molecule has 4 aromatic rings. The van der Waals surface area contributed by atoms with Crippen LogP contribution in [0.15, 0.2) is 65.5 Å². The molecule has 0 aliphatic carbocycles. The van der Waals surface area contributed by atoms with Crippen LogP contribution in [0.25, 0.3) is 10.9 Å². The van der Waals surface area contributed by atoms with Gasteiger partial charge in [0, 0.05) is 34.2 Å². The number of benzene rings is 3. The number of hydrogen-bond acceptors (Lipinski definition) is 5. The number of hydrogen-bond donors (Lipinski definition) is 1. The summed E-state index contributed by atoms with van der Waals surface area (Å²) >= 11 is 5.94. The first-order valence-electron chi connectivity index (χ1n) is 11.4. The maximum atomic E-state index is 13.6. The summed E-state index contributed by atoms with van der Waals surface area (Å²) in [5.41, 5.74) is 2.96. The van der Waals surface area contributed by atoms with Crippen molar-refractivity contribution in [3.05, 3.63) is 104 Å². The van der Waals surface area contributed by atoms with E-state index in [9.17, 15) is 19.5 Å². The largest absolute Gasteiger partial charge is 0.507 e. The van der Waals surface area contributed by atoms with Gasteiger partial charge in [0.05, 0.1) is 17.5 Å². The highest BCUT2D eigenvalue weighted by atomic mass is 35.5. The number of para-hydroxylation sites is 1. The van der Waals surface area contributed by atoms with E-state index in [0.717, 1.165) is 29.3 Å².